The number of hydrogen-bond donors (Lipinski definition) is 0. The van der Waals surface area contributed by atoms with Crippen LogP contribution in [0.1, 0.15) is 54.7 Å². The van der Waals surface area contributed by atoms with Gasteiger partial charge in [0.25, 0.3) is 0 Å². The zero-order valence-corrected chi connectivity index (χ0v) is 29.1. The first-order chi connectivity index (χ1) is 25.1. The van der Waals surface area contributed by atoms with Crippen LogP contribution >= 0.6 is 0 Å². The predicted molar refractivity (Wildman–Crippen MR) is 215 cm³/mol. The SMILES string of the molecule is CC1(C)c2ccc(N(c3ccccc3-c3ccccc3)C3C=CC(c4ccccc4)=CC3)cc2-c2c1c1ccccc1c1c3c(oc21)C=CCC3. The van der Waals surface area contributed by atoms with Crippen molar-refractivity contribution in [2.75, 3.05) is 4.90 Å². The van der Waals surface area contributed by atoms with Crippen molar-refractivity contribution >= 4 is 44.8 Å². The van der Waals surface area contributed by atoms with Crippen LogP contribution in [0.25, 0.3) is 55.6 Å². The van der Waals surface area contributed by atoms with E-state index in [0.29, 0.717) is 0 Å². The molecule has 0 aliphatic heterocycles. The van der Waals surface area contributed by atoms with Crippen molar-refractivity contribution in [3.05, 3.63) is 180 Å². The van der Waals surface area contributed by atoms with Crippen LogP contribution in [0.2, 0.25) is 0 Å². The molecule has 0 saturated carbocycles. The van der Waals surface area contributed by atoms with Crippen LogP contribution in [0.3, 0.4) is 0 Å². The molecule has 6 aromatic carbocycles. The lowest BCUT2D eigenvalue weighted by Gasteiger charge is -2.35. The zero-order chi connectivity index (χ0) is 34.1. The van der Waals surface area contributed by atoms with Gasteiger partial charge in [-0.05, 0) is 87.7 Å². The molecule has 0 bridgehead atoms. The molecule has 2 heteroatoms. The first-order valence-corrected chi connectivity index (χ1v) is 18.3. The maximum atomic E-state index is 6.90. The summed E-state index contributed by atoms with van der Waals surface area (Å²) in [7, 11) is 0. The predicted octanol–water partition coefficient (Wildman–Crippen LogP) is 13.1. The second-order valence-electron chi connectivity index (χ2n) is 14.7. The van der Waals surface area contributed by atoms with E-state index in [0.717, 1.165) is 30.6 Å². The van der Waals surface area contributed by atoms with Gasteiger partial charge in [-0.25, -0.2) is 0 Å². The molecule has 1 heterocycles. The van der Waals surface area contributed by atoms with E-state index in [-0.39, 0.29) is 11.5 Å². The summed E-state index contributed by atoms with van der Waals surface area (Å²) in [5.41, 5.74) is 14.8. The lowest BCUT2D eigenvalue weighted by Crippen LogP contribution is -2.30. The first-order valence-electron chi connectivity index (χ1n) is 18.3. The smallest absolute Gasteiger partial charge is 0.143 e. The number of benzene rings is 6. The molecule has 0 spiro atoms. The Balaban J connectivity index is 1.20. The van der Waals surface area contributed by atoms with Gasteiger partial charge in [-0.3, -0.25) is 0 Å². The van der Waals surface area contributed by atoms with Crippen molar-refractivity contribution in [3.63, 3.8) is 0 Å². The molecule has 0 N–H and O–H groups in total. The van der Waals surface area contributed by atoms with Crippen molar-refractivity contribution < 1.29 is 4.42 Å². The Morgan fingerprint density at radius 3 is 2.22 bits per heavy atom. The molecule has 0 radical (unpaired) electrons. The minimum atomic E-state index is -0.190. The number of hydrogen-bond acceptors (Lipinski definition) is 2. The number of furan rings is 1. The van der Waals surface area contributed by atoms with Crippen LogP contribution in [0.4, 0.5) is 11.4 Å². The van der Waals surface area contributed by atoms with E-state index in [9.17, 15) is 0 Å². The monoisotopic (exact) mass is 657 g/mol. The molecule has 246 valence electrons. The molecular weight excluding hydrogens is 619 g/mol. The quantitative estimate of drug-likeness (QED) is 0.183. The minimum Gasteiger partial charge on any atom is -0.456 e. The highest BCUT2D eigenvalue weighted by Crippen LogP contribution is 2.57. The maximum absolute atomic E-state index is 6.90. The van der Waals surface area contributed by atoms with Gasteiger partial charge in [0.2, 0.25) is 0 Å². The van der Waals surface area contributed by atoms with Gasteiger partial charge >= 0.3 is 0 Å². The summed E-state index contributed by atoms with van der Waals surface area (Å²) >= 11 is 0. The Kier molecular flexibility index (Phi) is 6.83. The van der Waals surface area contributed by atoms with Gasteiger partial charge in [0.1, 0.15) is 11.3 Å². The molecule has 1 aromatic heterocycles. The number of allylic oxidation sites excluding steroid dienone is 3. The molecule has 51 heavy (non-hydrogen) atoms. The standard InChI is InChI=1S/C49H39NO/c1-49(2)42-30-29-36(31-41(42)46-47(49)39-21-10-9-20-38(39)45-40-22-12-14-24-44(40)51-48(45)46)50(35-27-25-33(26-28-35)32-15-5-3-6-16-32)43-23-13-11-19-37(43)34-17-7-4-8-18-34/h3-11,13-21,23-27,29-31,35H,12,22,28H2,1-2H3. The fourth-order valence-electron chi connectivity index (χ4n) is 9.09. The lowest BCUT2D eigenvalue weighted by molar-refractivity contribution is 0.595. The normalized spacial score (nSPS) is 16.9. The van der Waals surface area contributed by atoms with Crippen LogP contribution in [0, 0.1) is 0 Å². The van der Waals surface area contributed by atoms with E-state index in [1.807, 2.05) is 0 Å². The number of anilines is 2. The van der Waals surface area contributed by atoms with Crippen molar-refractivity contribution in [2.45, 2.75) is 44.6 Å². The molecule has 10 rings (SSSR count). The minimum absolute atomic E-state index is 0.131. The second kappa shape index (κ2) is 11.6. The number of nitrogens with zero attached hydrogens (tertiary/aromatic N) is 1. The van der Waals surface area contributed by atoms with Crippen molar-refractivity contribution in [2.24, 2.45) is 0 Å². The Labute approximate surface area is 299 Å². The molecule has 0 amide bonds. The number of aryl methyl sites for hydroxylation is 1. The van der Waals surface area contributed by atoms with Gasteiger partial charge in [-0.2, -0.15) is 0 Å². The fourth-order valence-corrected chi connectivity index (χ4v) is 9.09. The van der Waals surface area contributed by atoms with Gasteiger partial charge in [-0.15, -0.1) is 0 Å². The van der Waals surface area contributed by atoms with Crippen LogP contribution in [-0.4, -0.2) is 6.04 Å². The number of fused-ring (bicyclic) bond motifs is 10. The molecule has 1 unspecified atom stereocenters. The molecule has 3 aliphatic rings. The molecule has 0 saturated heterocycles. The summed E-state index contributed by atoms with van der Waals surface area (Å²) in [6, 6.07) is 46.7. The Morgan fingerprint density at radius 1 is 0.706 bits per heavy atom. The van der Waals surface area contributed by atoms with E-state index in [4.69, 9.17) is 4.42 Å². The second-order valence-corrected chi connectivity index (χ2v) is 14.7. The third kappa shape index (κ3) is 4.63. The average Bonchev–Trinajstić information content (AvgIpc) is 3.69. The topological polar surface area (TPSA) is 16.4 Å². The third-order valence-electron chi connectivity index (χ3n) is 11.4. The Hall–Kier alpha value is -5.86. The number of rotatable bonds is 5. The van der Waals surface area contributed by atoms with Gasteiger partial charge in [-0.1, -0.05) is 147 Å². The summed E-state index contributed by atoms with van der Waals surface area (Å²) in [4.78, 5) is 2.57. The summed E-state index contributed by atoms with van der Waals surface area (Å²) in [5, 5.41) is 3.93. The van der Waals surface area contributed by atoms with E-state index in [2.05, 4.69) is 177 Å². The summed E-state index contributed by atoms with van der Waals surface area (Å²) in [6.07, 6.45) is 14.5. The van der Waals surface area contributed by atoms with E-state index in [1.165, 1.54) is 77.6 Å². The van der Waals surface area contributed by atoms with E-state index in [1.54, 1.807) is 0 Å². The largest absolute Gasteiger partial charge is 0.456 e. The molecule has 3 aliphatic carbocycles. The lowest BCUT2D eigenvalue weighted by atomic mass is 9.79. The molecular formula is C49H39NO. The summed E-state index contributed by atoms with van der Waals surface area (Å²) in [6.45, 7) is 4.78. The average molecular weight is 658 g/mol. The van der Waals surface area contributed by atoms with Crippen molar-refractivity contribution in [1.82, 2.24) is 0 Å². The molecule has 2 nitrogen and oxygen atoms in total. The van der Waals surface area contributed by atoms with Crippen LogP contribution in [0.5, 0.6) is 0 Å². The fraction of sp³-hybridized carbons (Fsp3) is 0.143. The van der Waals surface area contributed by atoms with E-state index >= 15 is 0 Å². The molecule has 1 atom stereocenters. The molecule has 0 fully saturated rings. The van der Waals surface area contributed by atoms with Gasteiger partial charge in [0, 0.05) is 38.9 Å². The highest BCUT2D eigenvalue weighted by molar-refractivity contribution is 6.18. The zero-order valence-electron chi connectivity index (χ0n) is 29.1. The van der Waals surface area contributed by atoms with Crippen molar-refractivity contribution in [3.8, 4) is 22.3 Å². The van der Waals surface area contributed by atoms with Crippen LogP contribution in [0.15, 0.2) is 156 Å². The van der Waals surface area contributed by atoms with Gasteiger partial charge < -0.3 is 9.32 Å². The Bertz CT molecular complexity index is 2580. The summed E-state index contributed by atoms with van der Waals surface area (Å²) in [5.74, 6) is 1.02. The first kappa shape index (κ1) is 30.0. The van der Waals surface area contributed by atoms with Gasteiger partial charge in [0.15, 0.2) is 0 Å². The maximum Gasteiger partial charge on any atom is 0.143 e. The number of para-hydroxylation sites is 1. The van der Waals surface area contributed by atoms with Gasteiger partial charge in [0.05, 0.1) is 6.04 Å². The van der Waals surface area contributed by atoms with Crippen LogP contribution in [-0.2, 0) is 11.8 Å². The Morgan fingerprint density at radius 2 is 1.43 bits per heavy atom. The van der Waals surface area contributed by atoms with Crippen molar-refractivity contribution in [1.29, 1.82) is 0 Å². The third-order valence-corrected chi connectivity index (χ3v) is 11.4. The summed E-state index contributed by atoms with van der Waals surface area (Å²) < 4.78 is 6.90. The highest BCUT2D eigenvalue weighted by Gasteiger charge is 2.41. The van der Waals surface area contributed by atoms with Crippen LogP contribution < -0.4 is 4.90 Å². The molecule has 7 aromatic rings. The van der Waals surface area contributed by atoms with E-state index < -0.39 is 0 Å². The highest BCUT2D eigenvalue weighted by atomic mass is 16.3.